The Balaban J connectivity index is 0.000000173. The molecule has 0 saturated heterocycles. The van der Waals surface area contributed by atoms with E-state index >= 15 is 0 Å². The zero-order valence-electron chi connectivity index (χ0n) is 41.6. The summed E-state index contributed by atoms with van der Waals surface area (Å²) in [4.78, 5) is 41.1. The number of benzene rings is 4. The van der Waals surface area contributed by atoms with Crippen LogP contribution in [0.1, 0.15) is 80.0 Å². The van der Waals surface area contributed by atoms with Crippen molar-refractivity contribution in [1.29, 1.82) is 0 Å². The van der Waals surface area contributed by atoms with Crippen LogP contribution < -0.4 is 21.7 Å². The minimum absolute atomic E-state index is 0.00509. The molecule has 6 heterocycles. The third kappa shape index (κ3) is 14.5. The molecule has 2 amide bonds. The first-order valence-corrected chi connectivity index (χ1v) is 24.2. The van der Waals surface area contributed by atoms with E-state index in [1.807, 2.05) is 48.7 Å². The van der Waals surface area contributed by atoms with Crippen molar-refractivity contribution in [2.24, 2.45) is 5.73 Å². The molecule has 0 bridgehead atoms. The first-order valence-electron chi connectivity index (χ1n) is 23.9. The molecule has 0 aliphatic heterocycles. The maximum Gasteiger partial charge on any atom is 0.417 e. The van der Waals surface area contributed by atoms with Crippen molar-refractivity contribution in [3.63, 3.8) is 0 Å². The molecule has 0 radical (unpaired) electrons. The van der Waals surface area contributed by atoms with Crippen LogP contribution in [0.15, 0.2) is 159 Å². The van der Waals surface area contributed by atoms with E-state index in [0.717, 1.165) is 55.9 Å². The summed E-state index contributed by atoms with van der Waals surface area (Å²) in [5.74, 6) is -2.41. The number of H-pyrrole nitrogens is 2. The van der Waals surface area contributed by atoms with Gasteiger partial charge in [-0.2, -0.15) is 36.5 Å². The van der Waals surface area contributed by atoms with Gasteiger partial charge in [-0.3, -0.25) is 19.8 Å². The van der Waals surface area contributed by atoms with E-state index in [4.69, 9.17) is 17.3 Å². The molecule has 7 N–H and O–H groups in total. The second kappa shape index (κ2) is 24.5. The number of hydrogen-bond donors (Lipinski definition) is 6. The lowest BCUT2D eigenvalue weighted by Gasteiger charge is -2.18. The average Bonchev–Trinajstić information content (AvgIpc) is 4.15. The molecule has 0 spiro atoms. The number of aromatic nitrogens is 8. The fraction of sp³-hybridized carbons (Fsp3) is 0.143. The lowest BCUT2D eigenvalue weighted by atomic mass is 10.0. The monoisotopic (exact) mass is 1100 g/mol. The number of carbonyl (C=O) groups is 2. The number of nitrogens with zero attached hydrogens (tertiary/aromatic N) is 6. The molecule has 2 atom stereocenters. The van der Waals surface area contributed by atoms with Crippen molar-refractivity contribution in [2.45, 2.75) is 51.4 Å². The Morgan fingerprint density at radius 1 is 0.544 bits per heavy atom. The summed E-state index contributed by atoms with van der Waals surface area (Å²) in [5, 5.41) is 23.3. The molecule has 23 heteroatoms. The number of anilines is 1. The number of aromatic amines is 2. The quantitative estimate of drug-likeness (QED) is 0.0504. The van der Waals surface area contributed by atoms with Gasteiger partial charge < -0.3 is 21.7 Å². The molecular formula is C56H45ClF8N12O2. The maximum atomic E-state index is 13.4. The lowest BCUT2D eigenvalue weighted by molar-refractivity contribution is -0.138. The van der Waals surface area contributed by atoms with Crippen LogP contribution in [0, 0.1) is 11.6 Å². The highest BCUT2D eigenvalue weighted by molar-refractivity contribution is 6.32. The molecule has 6 aromatic heterocycles. The van der Waals surface area contributed by atoms with E-state index in [9.17, 15) is 44.7 Å². The van der Waals surface area contributed by atoms with Crippen LogP contribution in [-0.4, -0.2) is 52.1 Å². The van der Waals surface area contributed by atoms with Gasteiger partial charge in [0.25, 0.3) is 11.8 Å². The zero-order valence-corrected chi connectivity index (χ0v) is 42.3. The smallest absolute Gasteiger partial charge is 0.365 e. The van der Waals surface area contributed by atoms with Gasteiger partial charge in [-0.15, -0.1) is 0 Å². The molecule has 4 aromatic carbocycles. The van der Waals surface area contributed by atoms with Crippen LogP contribution >= 0.6 is 11.6 Å². The van der Waals surface area contributed by atoms with Crippen LogP contribution in [0.25, 0.3) is 44.3 Å². The van der Waals surface area contributed by atoms with Gasteiger partial charge in [-0.1, -0.05) is 84.4 Å². The number of fused-ring (bicyclic) bond motifs is 2. The number of amides is 2. The molecule has 14 nitrogen and oxygen atoms in total. The maximum absolute atomic E-state index is 13.4. The van der Waals surface area contributed by atoms with Crippen LogP contribution in [0.5, 0.6) is 0 Å². The molecule has 0 aliphatic carbocycles. The molecule has 10 rings (SSSR count). The van der Waals surface area contributed by atoms with E-state index in [2.05, 4.69) is 74.5 Å². The normalized spacial score (nSPS) is 12.2. The standard InChI is InChI=1S/C28H22F4N6O.C15H11ClF4N2O.C13H12N4/c1-16(18-6-8-23(29)9-7-18)37-27(39)24-11-22(28(30,31)32)15-35-26(24)33-12-17-2-4-19(5-3-17)20-10-21-14-36-38-25(21)34-13-20;1-8(9-2-4-11(17)5-3-9)22-14(23)12-6-10(15(18,19)20)7-21-13(12)16;14-6-9-1-3-10(4-2-9)11-5-12-8-16-17-13(12)15-7-11/h2-11,13-16H,12H2,1H3,(H,33,35)(H,37,39)(H,34,36,38);2-8H,1H3,(H,22,23);1-5,7-8H,6,14H2,(H,15,16,17)/t16-;8-;/m00./s1. The highest BCUT2D eigenvalue weighted by atomic mass is 35.5. The van der Waals surface area contributed by atoms with Gasteiger partial charge in [0.05, 0.1) is 46.7 Å². The van der Waals surface area contributed by atoms with Crippen molar-refractivity contribution in [2.75, 3.05) is 5.32 Å². The number of halogens is 9. The van der Waals surface area contributed by atoms with Crippen molar-refractivity contribution >= 4 is 51.3 Å². The van der Waals surface area contributed by atoms with E-state index in [1.165, 1.54) is 48.5 Å². The number of pyridine rings is 4. The van der Waals surface area contributed by atoms with Crippen LogP contribution in [-0.2, 0) is 25.4 Å². The third-order valence-electron chi connectivity index (χ3n) is 12.2. The zero-order chi connectivity index (χ0) is 56.4. The summed E-state index contributed by atoms with van der Waals surface area (Å²) in [5.41, 5.74) is 11.5. The largest absolute Gasteiger partial charge is 0.417 e. The van der Waals surface area contributed by atoms with Gasteiger partial charge in [0.15, 0.2) is 11.3 Å². The Labute approximate surface area is 449 Å². The van der Waals surface area contributed by atoms with Gasteiger partial charge in [0, 0.05) is 59.8 Å². The van der Waals surface area contributed by atoms with Crippen molar-refractivity contribution in [3.8, 4) is 22.3 Å². The minimum Gasteiger partial charge on any atom is -0.365 e. The number of rotatable bonds is 12. The molecule has 404 valence electrons. The van der Waals surface area contributed by atoms with Gasteiger partial charge in [0.1, 0.15) is 22.6 Å². The second-order valence-corrected chi connectivity index (χ2v) is 18.0. The summed E-state index contributed by atoms with van der Waals surface area (Å²) < 4.78 is 104. The predicted molar refractivity (Wildman–Crippen MR) is 282 cm³/mol. The van der Waals surface area contributed by atoms with Gasteiger partial charge in [-0.05, 0) is 95.8 Å². The van der Waals surface area contributed by atoms with Crippen LogP contribution in [0.4, 0.5) is 40.9 Å². The molecule has 0 aliphatic rings. The van der Waals surface area contributed by atoms with E-state index in [1.54, 1.807) is 32.4 Å². The second-order valence-electron chi connectivity index (χ2n) is 17.7. The number of carbonyl (C=O) groups excluding carboxylic acids is 2. The number of hydrogen-bond acceptors (Lipinski definition) is 10. The van der Waals surface area contributed by atoms with E-state index < -0.39 is 59.0 Å². The number of alkyl halides is 6. The van der Waals surface area contributed by atoms with E-state index in [-0.39, 0.29) is 28.6 Å². The molecule has 0 unspecified atom stereocenters. The average molecular weight is 1110 g/mol. The SMILES string of the molecule is C[C@H](NC(=O)c1cc(C(F)(F)F)cnc1Cl)c1ccc(F)cc1.C[C@H](NC(=O)c1cc(C(F)(F)F)cnc1NCc1ccc(-c2cnc3[nH]ncc3c2)cc1)c1ccc(F)cc1.NCc1ccc(-c2cnc3[nH]ncc3c2)cc1. The summed E-state index contributed by atoms with van der Waals surface area (Å²) in [6.45, 7) is 4.05. The Morgan fingerprint density at radius 2 is 0.975 bits per heavy atom. The fourth-order valence-electron chi connectivity index (χ4n) is 7.74. The summed E-state index contributed by atoms with van der Waals surface area (Å²) in [6, 6.07) is 30.9. The van der Waals surface area contributed by atoms with Crippen molar-refractivity contribution in [1.82, 2.24) is 51.0 Å². The molecular weight excluding hydrogens is 1060 g/mol. The topological polar surface area (TPSA) is 205 Å². The van der Waals surface area contributed by atoms with E-state index in [0.29, 0.717) is 41.8 Å². The van der Waals surface area contributed by atoms with Gasteiger partial charge >= 0.3 is 12.4 Å². The Morgan fingerprint density at radius 3 is 1.43 bits per heavy atom. The highest BCUT2D eigenvalue weighted by Crippen LogP contribution is 2.33. The molecule has 10 aromatic rings. The van der Waals surface area contributed by atoms with Crippen molar-refractivity contribution in [3.05, 3.63) is 220 Å². The van der Waals surface area contributed by atoms with Crippen molar-refractivity contribution < 1.29 is 44.7 Å². The summed E-state index contributed by atoms with van der Waals surface area (Å²) in [7, 11) is 0. The number of nitrogens with one attached hydrogen (secondary N) is 5. The molecule has 0 fully saturated rings. The Kier molecular flexibility index (Phi) is 17.4. The summed E-state index contributed by atoms with van der Waals surface area (Å²) in [6.07, 6.45) is -1.01. The van der Waals surface area contributed by atoms with Gasteiger partial charge in [0.2, 0.25) is 0 Å². The van der Waals surface area contributed by atoms with Gasteiger partial charge in [-0.25, -0.2) is 28.7 Å². The Bertz CT molecular complexity index is 3710. The lowest BCUT2D eigenvalue weighted by Crippen LogP contribution is -2.28. The first-order chi connectivity index (χ1) is 37.7. The highest BCUT2D eigenvalue weighted by Gasteiger charge is 2.34. The third-order valence-corrected chi connectivity index (χ3v) is 12.5. The molecule has 79 heavy (non-hydrogen) atoms. The van der Waals surface area contributed by atoms with Crippen LogP contribution in [0.3, 0.4) is 0 Å². The predicted octanol–water partition coefficient (Wildman–Crippen LogP) is 12.7. The fourth-order valence-corrected chi connectivity index (χ4v) is 7.93. The Hall–Kier alpha value is -9.15. The minimum atomic E-state index is -4.67. The molecule has 0 saturated carbocycles. The number of nitrogens with two attached hydrogens (primary N) is 1. The first kappa shape index (κ1) is 56.1. The summed E-state index contributed by atoms with van der Waals surface area (Å²) >= 11 is 5.70. The van der Waals surface area contributed by atoms with Crippen LogP contribution in [0.2, 0.25) is 5.15 Å².